The summed E-state index contributed by atoms with van der Waals surface area (Å²) in [5, 5.41) is 3.37. The van der Waals surface area contributed by atoms with Crippen molar-refractivity contribution in [1.29, 1.82) is 0 Å². The molecule has 4 rings (SSSR count). The molecule has 6 heteroatoms. The Hall–Kier alpha value is -3.93. The van der Waals surface area contributed by atoms with Crippen molar-refractivity contribution in [3.05, 3.63) is 89.9 Å². The lowest BCUT2D eigenvalue weighted by Gasteiger charge is -2.16. The third-order valence-corrected chi connectivity index (χ3v) is 5.39. The number of hydrogen-bond acceptors (Lipinski definition) is 6. The quantitative estimate of drug-likeness (QED) is 0.536. The van der Waals surface area contributed by atoms with Crippen molar-refractivity contribution >= 4 is 17.5 Å². The number of ether oxygens (including phenoxy) is 2. The maximum Gasteiger partial charge on any atom is 0.212 e. The molecule has 0 amide bonds. The lowest BCUT2D eigenvalue weighted by molar-refractivity contribution is 0.397. The smallest absolute Gasteiger partial charge is 0.212 e. The summed E-state index contributed by atoms with van der Waals surface area (Å²) >= 11 is 0. The molecule has 1 unspecified atom stereocenters. The van der Waals surface area contributed by atoms with Crippen molar-refractivity contribution in [2.45, 2.75) is 26.4 Å². The van der Waals surface area contributed by atoms with Crippen LogP contribution in [0.1, 0.15) is 29.3 Å². The number of benzene rings is 1. The molecule has 6 nitrogen and oxygen atoms in total. The zero-order valence-corrected chi connectivity index (χ0v) is 18.5. The largest absolute Gasteiger partial charge is 0.481 e. The molecule has 3 aromatic rings. The summed E-state index contributed by atoms with van der Waals surface area (Å²) in [7, 11) is 1.60. The summed E-state index contributed by atoms with van der Waals surface area (Å²) in [6, 6.07) is 13.7. The third kappa shape index (κ3) is 4.70. The number of pyridine rings is 2. The molecule has 1 atom stereocenters. The van der Waals surface area contributed by atoms with Crippen LogP contribution in [0.25, 0.3) is 11.3 Å². The first-order chi connectivity index (χ1) is 15.5. The summed E-state index contributed by atoms with van der Waals surface area (Å²) in [6.07, 6.45) is 7.37. The van der Waals surface area contributed by atoms with Crippen molar-refractivity contribution < 1.29 is 9.47 Å². The Morgan fingerprint density at radius 1 is 1.16 bits per heavy atom. The van der Waals surface area contributed by atoms with Gasteiger partial charge in [0.1, 0.15) is 11.5 Å². The normalized spacial score (nSPS) is 14.7. The minimum atomic E-state index is 0.109. The minimum absolute atomic E-state index is 0.109. The van der Waals surface area contributed by atoms with Gasteiger partial charge < -0.3 is 14.8 Å². The Labute approximate surface area is 188 Å². The highest BCUT2D eigenvalue weighted by Gasteiger charge is 2.15. The molecule has 0 saturated heterocycles. The van der Waals surface area contributed by atoms with E-state index in [1.807, 2.05) is 61.7 Å². The van der Waals surface area contributed by atoms with Crippen LogP contribution in [0.4, 0.5) is 0 Å². The molecule has 1 aliphatic rings. The second-order valence-electron chi connectivity index (χ2n) is 7.54. The van der Waals surface area contributed by atoms with E-state index in [0.717, 1.165) is 45.2 Å². The molecule has 0 spiro atoms. The van der Waals surface area contributed by atoms with Crippen LogP contribution >= 0.6 is 0 Å². The van der Waals surface area contributed by atoms with Gasteiger partial charge in [-0.3, -0.25) is 9.98 Å². The molecule has 32 heavy (non-hydrogen) atoms. The Kier molecular flexibility index (Phi) is 6.31. The van der Waals surface area contributed by atoms with Crippen molar-refractivity contribution in [3.8, 4) is 17.4 Å². The van der Waals surface area contributed by atoms with E-state index in [-0.39, 0.29) is 6.04 Å². The van der Waals surface area contributed by atoms with Gasteiger partial charge in [0.15, 0.2) is 0 Å². The van der Waals surface area contributed by atoms with Gasteiger partial charge in [-0.15, -0.1) is 0 Å². The van der Waals surface area contributed by atoms with E-state index in [4.69, 9.17) is 9.47 Å². The molecular formula is C26H26N4O2. The van der Waals surface area contributed by atoms with Crippen LogP contribution in [0.2, 0.25) is 0 Å². The summed E-state index contributed by atoms with van der Waals surface area (Å²) in [6.45, 7) is 8.91. The van der Waals surface area contributed by atoms with Crippen LogP contribution in [0.15, 0.2) is 72.5 Å². The van der Waals surface area contributed by atoms with E-state index in [1.54, 1.807) is 19.5 Å². The molecule has 2 aromatic heterocycles. The van der Waals surface area contributed by atoms with E-state index in [9.17, 15) is 0 Å². The van der Waals surface area contributed by atoms with Gasteiger partial charge in [0.25, 0.3) is 0 Å². The van der Waals surface area contributed by atoms with Gasteiger partial charge in [0.05, 0.1) is 18.8 Å². The summed E-state index contributed by atoms with van der Waals surface area (Å²) in [5.41, 5.74) is 5.83. The van der Waals surface area contributed by atoms with Gasteiger partial charge in [-0.05, 0) is 37.6 Å². The number of nitrogens with one attached hydrogen (secondary N) is 1. The van der Waals surface area contributed by atoms with E-state index >= 15 is 0 Å². The average Bonchev–Trinajstić information content (AvgIpc) is 3.25. The van der Waals surface area contributed by atoms with E-state index in [2.05, 4.69) is 33.8 Å². The third-order valence-electron chi connectivity index (χ3n) is 5.39. The summed E-state index contributed by atoms with van der Waals surface area (Å²) < 4.78 is 11.3. The monoisotopic (exact) mass is 426 g/mol. The number of aromatic nitrogens is 2. The van der Waals surface area contributed by atoms with Crippen molar-refractivity contribution in [1.82, 2.24) is 15.3 Å². The van der Waals surface area contributed by atoms with Crippen LogP contribution < -0.4 is 14.8 Å². The van der Waals surface area contributed by atoms with Crippen molar-refractivity contribution in [3.63, 3.8) is 0 Å². The molecule has 3 heterocycles. The fourth-order valence-corrected chi connectivity index (χ4v) is 3.52. The first kappa shape index (κ1) is 21.3. The van der Waals surface area contributed by atoms with Crippen LogP contribution in [0, 0.1) is 6.92 Å². The number of methoxy groups -OCH3 is 1. The van der Waals surface area contributed by atoms with Gasteiger partial charge in [-0.25, -0.2) is 4.98 Å². The summed E-state index contributed by atoms with van der Waals surface area (Å²) in [5.74, 6) is 2.11. The highest BCUT2D eigenvalue weighted by Crippen LogP contribution is 2.31. The maximum atomic E-state index is 6.22. The maximum absolute atomic E-state index is 6.22. The zero-order chi connectivity index (χ0) is 22.5. The molecule has 0 aliphatic carbocycles. The van der Waals surface area contributed by atoms with Crippen LogP contribution in [-0.2, 0) is 6.54 Å². The molecule has 1 aliphatic heterocycles. The molecule has 0 radical (unpaired) electrons. The molecule has 0 fully saturated rings. The SMILES string of the molecule is C=C(NCc1ccc(OC)nc1)c1cccc(Oc2ccnc(C3=CC=NC3C)c2)c1C. The summed E-state index contributed by atoms with van der Waals surface area (Å²) in [4.78, 5) is 13.1. The average molecular weight is 427 g/mol. The first-order valence-corrected chi connectivity index (χ1v) is 10.4. The molecule has 162 valence electrons. The van der Waals surface area contributed by atoms with Gasteiger partial charge in [-0.1, -0.05) is 24.8 Å². The number of rotatable bonds is 8. The lowest BCUT2D eigenvalue weighted by Crippen LogP contribution is -2.12. The lowest BCUT2D eigenvalue weighted by atomic mass is 10.0. The van der Waals surface area contributed by atoms with Gasteiger partial charge in [0.2, 0.25) is 5.88 Å². The number of allylic oxidation sites excluding steroid dienone is 1. The second kappa shape index (κ2) is 9.47. The first-order valence-electron chi connectivity index (χ1n) is 10.4. The highest BCUT2D eigenvalue weighted by atomic mass is 16.5. The predicted molar refractivity (Wildman–Crippen MR) is 128 cm³/mol. The Morgan fingerprint density at radius 3 is 2.75 bits per heavy atom. The topological polar surface area (TPSA) is 68.6 Å². The minimum Gasteiger partial charge on any atom is -0.481 e. The molecule has 0 saturated carbocycles. The van der Waals surface area contributed by atoms with Crippen LogP contribution in [0.5, 0.6) is 17.4 Å². The van der Waals surface area contributed by atoms with Crippen LogP contribution in [0.3, 0.4) is 0 Å². The van der Waals surface area contributed by atoms with E-state index in [1.165, 1.54) is 0 Å². The van der Waals surface area contributed by atoms with E-state index < -0.39 is 0 Å². The molecule has 0 bridgehead atoms. The van der Waals surface area contributed by atoms with Gasteiger partial charge >= 0.3 is 0 Å². The number of nitrogens with zero attached hydrogens (tertiary/aromatic N) is 3. The Balaban J connectivity index is 1.47. The molecular weight excluding hydrogens is 400 g/mol. The highest BCUT2D eigenvalue weighted by molar-refractivity contribution is 5.90. The zero-order valence-electron chi connectivity index (χ0n) is 18.5. The van der Waals surface area contributed by atoms with Gasteiger partial charge in [-0.2, -0.15) is 0 Å². The van der Waals surface area contributed by atoms with Gasteiger partial charge in [0, 0.05) is 59.7 Å². The Bertz CT molecular complexity index is 1180. The number of aliphatic imine (C=N–C) groups is 1. The second-order valence-corrected chi connectivity index (χ2v) is 7.54. The fraction of sp³-hybridized carbons (Fsp3) is 0.192. The van der Waals surface area contributed by atoms with Crippen LogP contribution in [-0.4, -0.2) is 29.3 Å². The van der Waals surface area contributed by atoms with E-state index in [0.29, 0.717) is 12.4 Å². The molecule has 1 N–H and O–H groups in total. The standard InChI is InChI=1S/C26H26N4O2/c1-17-22(18(2)29-15-20-8-9-26(31-4)30-16-20)6-5-7-25(17)32-21-10-12-28-24(14-21)23-11-13-27-19(23)3/h5-14,16,19,29H,2,15H2,1,3-4H3. The van der Waals surface area contributed by atoms with Crippen molar-refractivity contribution in [2.75, 3.05) is 7.11 Å². The Morgan fingerprint density at radius 2 is 2.03 bits per heavy atom. The fourth-order valence-electron chi connectivity index (χ4n) is 3.52. The van der Waals surface area contributed by atoms with Crippen molar-refractivity contribution in [2.24, 2.45) is 4.99 Å². The number of hydrogen-bond donors (Lipinski definition) is 1. The molecule has 1 aromatic carbocycles. The predicted octanol–water partition coefficient (Wildman–Crippen LogP) is 5.20.